The minimum Gasteiger partial charge on any atom is -0.488 e. The standard InChI is InChI=1S/C18H25NOS/c1-13(2)10-19-11-16-6-7-17(21-16)12-20-18-8-5-14(3)9-15(18)4/h5-9,13,19H,10-12H2,1-4H3. The van der Waals surface area contributed by atoms with Crippen LogP contribution in [0, 0.1) is 19.8 Å². The number of rotatable bonds is 7. The van der Waals surface area contributed by atoms with Crippen molar-refractivity contribution in [3.8, 4) is 5.75 Å². The Labute approximate surface area is 132 Å². The van der Waals surface area contributed by atoms with E-state index in [9.17, 15) is 0 Å². The normalized spacial score (nSPS) is 11.1. The van der Waals surface area contributed by atoms with E-state index in [1.54, 1.807) is 0 Å². The van der Waals surface area contributed by atoms with E-state index < -0.39 is 0 Å². The van der Waals surface area contributed by atoms with Crippen molar-refractivity contribution in [2.45, 2.75) is 40.8 Å². The summed E-state index contributed by atoms with van der Waals surface area (Å²) in [6, 6.07) is 10.7. The van der Waals surface area contributed by atoms with Gasteiger partial charge in [-0.05, 0) is 50.1 Å². The predicted molar refractivity (Wildman–Crippen MR) is 91.1 cm³/mol. The van der Waals surface area contributed by atoms with Gasteiger partial charge in [-0.15, -0.1) is 11.3 Å². The lowest BCUT2D eigenvalue weighted by molar-refractivity contribution is 0.307. The molecule has 0 amide bonds. The number of hydrogen-bond acceptors (Lipinski definition) is 3. The highest BCUT2D eigenvalue weighted by atomic mass is 32.1. The topological polar surface area (TPSA) is 21.3 Å². The summed E-state index contributed by atoms with van der Waals surface area (Å²) in [5.41, 5.74) is 2.47. The first kappa shape index (κ1) is 16.1. The zero-order valence-electron chi connectivity index (χ0n) is 13.4. The van der Waals surface area contributed by atoms with Gasteiger partial charge in [0.05, 0.1) is 0 Å². The van der Waals surface area contributed by atoms with Gasteiger partial charge in [-0.2, -0.15) is 0 Å². The summed E-state index contributed by atoms with van der Waals surface area (Å²) < 4.78 is 5.92. The van der Waals surface area contributed by atoms with E-state index in [-0.39, 0.29) is 0 Å². The molecule has 1 N–H and O–H groups in total. The molecule has 2 aromatic rings. The molecule has 0 bridgehead atoms. The molecule has 0 radical (unpaired) electrons. The number of aryl methyl sites for hydroxylation is 2. The summed E-state index contributed by atoms with van der Waals surface area (Å²) in [7, 11) is 0. The second kappa shape index (κ2) is 7.62. The van der Waals surface area contributed by atoms with E-state index in [1.165, 1.54) is 20.9 Å². The van der Waals surface area contributed by atoms with Gasteiger partial charge in [0.2, 0.25) is 0 Å². The molecule has 0 saturated carbocycles. The van der Waals surface area contributed by atoms with Crippen LogP contribution in [0.15, 0.2) is 30.3 Å². The Kier molecular flexibility index (Phi) is 5.83. The Morgan fingerprint density at radius 3 is 2.57 bits per heavy atom. The van der Waals surface area contributed by atoms with Gasteiger partial charge in [0, 0.05) is 16.3 Å². The highest BCUT2D eigenvalue weighted by Gasteiger charge is 2.04. The van der Waals surface area contributed by atoms with Crippen LogP contribution < -0.4 is 10.1 Å². The van der Waals surface area contributed by atoms with Gasteiger partial charge in [-0.25, -0.2) is 0 Å². The van der Waals surface area contributed by atoms with Gasteiger partial charge in [-0.1, -0.05) is 31.5 Å². The molecule has 1 heterocycles. The molecule has 114 valence electrons. The Hall–Kier alpha value is -1.32. The smallest absolute Gasteiger partial charge is 0.122 e. The molecule has 0 aliphatic rings. The maximum absolute atomic E-state index is 5.92. The Morgan fingerprint density at radius 2 is 1.86 bits per heavy atom. The minimum atomic E-state index is 0.652. The van der Waals surface area contributed by atoms with Crippen molar-refractivity contribution in [2.24, 2.45) is 5.92 Å². The number of thiophene rings is 1. The van der Waals surface area contributed by atoms with Crippen molar-refractivity contribution in [2.75, 3.05) is 6.54 Å². The first-order valence-electron chi connectivity index (χ1n) is 7.53. The molecule has 0 aliphatic carbocycles. The predicted octanol–water partition coefficient (Wildman–Crippen LogP) is 4.69. The second-order valence-corrected chi connectivity index (χ2v) is 7.20. The molecule has 0 unspecified atom stereocenters. The Balaban J connectivity index is 1.85. The van der Waals surface area contributed by atoms with E-state index in [2.05, 4.69) is 63.3 Å². The van der Waals surface area contributed by atoms with E-state index >= 15 is 0 Å². The summed E-state index contributed by atoms with van der Waals surface area (Å²) >= 11 is 1.83. The van der Waals surface area contributed by atoms with Gasteiger partial charge >= 0.3 is 0 Å². The summed E-state index contributed by atoms with van der Waals surface area (Å²) in [4.78, 5) is 2.64. The van der Waals surface area contributed by atoms with Crippen molar-refractivity contribution in [3.05, 3.63) is 51.2 Å². The Morgan fingerprint density at radius 1 is 1.10 bits per heavy atom. The first-order valence-corrected chi connectivity index (χ1v) is 8.34. The number of benzene rings is 1. The maximum atomic E-state index is 5.92. The van der Waals surface area contributed by atoms with Crippen LogP contribution in [-0.2, 0) is 13.2 Å². The lowest BCUT2D eigenvalue weighted by atomic mass is 10.1. The molecule has 0 atom stereocenters. The molecule has 0 aliphatic heterocycles. The number of nitrogens with one attached hydrogen (secondary N) is 1. The maximum Gasteiger partial charge on any atom is 0.122 e. The van der Waals surface area contributed by atoms with Crippen LogP contribution in [0.5, 0.6) is 5.75 Å². The van der Waals surface area contributed by atoms with Gasteiger partial charge in [0.15, 0.2) is 0 Å². The molecule has 2 nitrogen and oxygen atoms in total. The average Bonchev–Trinajstić information content (AvgIpc) is 2.85. The molecule has 0 fully saturated rings. The van der Waals surface area contributed by atoms with Crippen molar-refractivity contribution in [3.63, 3.8) is 0 Å². The summed E-state index contributed by atoms with van der Waals surface area (Å²) in [5, 5.41) is 3.47. The molecule has 3 heteroatoms. The van der Waals surface area contributed by atoms with E-state index in [0.717, 1.165) is 18.8 Å². The van der Waals surface area contributed by atoms with Crippen LogP contribution in [0.4, 0.5) is 0 Å². The summed E-state index contributed by atoms with van der Waals surface area (Å²) in [5.74, 6) is 1.67. The largest absolute Gasteiger partial charge is 0.488 e. The van der Waals surface area contributed by atoms with Crippen LogP contribution in [-0.4, -0.2) is 6.54 Å². The molecule has 2 rings (SSSR count). The van der Waals surface area contributed by atoms with Crippen LogP contribution in [0.3, 0.4) is 0 Å². The van der Waals surface area contributed by atoms with Crippen molar-refractivity contribution >= 4 is 11.3 Å². The lowest BCUT2D eigenvalue weighted by Gasteiger charge is -2.08. The average molecular weight is 303 g/mol. The second-order valence-electron chi connectivity index (χ2n) is 5.95. The summed E-state index contributed by atoms with van der Waals surface area (Å²) in [6.07, 6.45) is 0. The third-order valence-corrected chi connectivity index (χ3v) is 4.33. The van der Waals surface area contributed by atoms with Crippen LogP contribution >= 0.6 is 11.3 Å². The highest BCUT2D eigenvalue weighted by Crippen LogP contribution is 2.22. The molecule has 1 aromatic carbocycles. The minimum absolute atomic E-state index is 0.652. The van der Waals surface area contributed by atoms with Gasteiger partial charge in [0.1, 0.15) is 12.4 Å². The third-order valence-electron chi connectivity index (χ3n) is 3.27. The van der Waals surface area contributed by atoms with Crippen LogP contribution in [0.2, 0.25) is 0 Å². The van der Waals surface area contributed by atoms with Gasteiger partial charge in [-0.3, -0.25) is 0 Å². The third kappa shape index (κ3) is 5.18. The highest BCUT2D eigenvalue weighted by molar-refractivity contribution is 7.11. The zero-order chi connectivity index (χ0) is 15.2. The monoisotopic (exact) mass is 303 g/mol. The Bertz CT molecular complexity index is 574. The molecule has 1 aromatic heterocycles. The van der Waals surface area contributed by atoms with Crippen LogP contribution in [0.25, 0.3) is 0 Å². The van der Waals surface area contributed by atoms with Gasteiger partial charge < -0.3 is 10.1 Å². The number of ether oxygens (including phenoxy) is 1. The van der Waals surface area contributed by atoms with E-state index in [4.69, 9.17) is 4.74 Å². The molecular formula is C18H25NOS. The van der Waals surface area contributed by atoms with Crippen molar-refractivity contribution < 1.29 is 4.74 Å². The summed E-state index contributed by atoms with van der Waals surface area (Å²) in [6.45, 7) is 11.3. The molecular weight excluding hydrogens is 278 g/mol. The molecule has 0 spiro atoms. The molecule has 21 heavy (non-hydrogen) atoms. The van der Waals surface area contributed by atoms with Crippen molar-refractivity contribution in [1.29, 1.82) is 0 Å². The van der Waals surface area contributed by atoms with E-state index in [1.807, 2.05) is 11.3 Å². The fraction of sp³-hybridized carbons (Fsp3) is 0.444. The van der Waals surface area contributed by atoms with Crippen LogP contribution in [0.1, 0.15) is 34.7 Å². The quantitative estimate of drug-likeness (QED) is 0.801. The van der Waals surface area contributed by atoms with Crippen molar-refractivity contribution in [1.82, 2.24) is 5.32 Å². The fourth-order valence-electron chi connectivity index (χ4n) is 2.19. The van der Waals surface area contributed by atoms with E-state index in [0.29, 0.717) is 12.5 Å². The number of hydrogen-bond donors (Lipinski definition) is 1. The fourth-order valence-corrected chi connectivity index (χ4v) is 3.09. The zero-order valence-corrected chi connectivity index (χ0v) is 14.2. The van der Waals surface area contributed by atoms with Gasteiger partial charge in [0.25, 0.3) is 0 Å². The molecule has 0 saturated heterocycles. The SMILES string of the molecule is Cc1ccc(OCc2ccc(CNCC(C)C)s2)c(C)c1. The first-order chi connectivity index (χ1) is 10.0. The lowest BCUT2D eigenvalue weighted by Crippen LogP contribution is -2.18.